The summed E-state index contributed by atoms with van der Waals surface area (Å²) >= 11 is 0. The van der Waals surface area contributed by atoms with Gasteiger partial charge in [-0.05, 0) is 42.2 Å². The number of rotatable bonds is 3. The van der Waals surface area contributed by atoms with E-state index >= 15 is 0 Å². The van der Waals surface area contributed by atoms with Crippen LogP contribution in [0.4, 0.5) is 4.39 Å². The van der Waals surface area contributed by atoms with Crippen molar-refractivity contribution in [1.29, 1.82) is 0 Å². The molecule has 0 aliphatic heterocycles. The van der Waals surface area contributed by atoms with Crippen LogP contribution < -0.4 is 0 Å². The van der Waals surface area contributed by atoms with Gasteiger partial charge in [-0.2, -0.15) is 0 Å². The Morgan fingerprint density at radius 1 is 1.11 bits per heavy atom. The lowest BCUT2D eigenvalue weighted by molar-refractivity contribution is 0.103. The van der Waals surface area contributed by atoms with Gasteiger partial charge in [0.05, 0.1) is 5.56 Å². The standard InChI is InChI=1S/C17H17FO/c1-11(2)15-10-13(9-8-12(15)3)17(19)14-6-4-5-7-16(14)18/h4-11H,1-3H3. The van der Waals surface area contributed by atoms with E-state index in [0.29, 0.717) is 11.5 Å². The van der Waals surface area contributed by atoms with Crippen LogP contribution in [0, 0.1) is 12.7 Å². The van der Waals surface area contributed by atoms with Crippen molar-refractivity contribution in [3.63, 3.8) is 0 Å². The fourth-order valence-electron chi connectivity index (χ4n) is 2.20. The Hall–Kier alpha value is -1.96. The maximum atomic E-state index is 13.6. The van der Waals surface area contributed by atoms with Crippen molar-refractivity contribution in [3.8, 4) is 0 Å². The summed E-state index contributed by atoms with van der Waals surface area (Å²) in [6.07, 6.45) is 0. The number of carbonyl (C=O) groups is 1. The van der Waals surface area contributed by atoms with Gasteiger partial charge in [0.1, 0.15) is 5.82 Å². The minimum Gasteiger partial charge on any atom is -0.288 e. The molecule has 19 heavy (non-hydrogen) atoms. The van der Waals surface area contributed by atoms with Crippen LogP contribution >= 0.6 is 0 Å². The second-order valence-corrected chi connectivity index (χ2v) is 5.04. The van der Waals surface area contributed by atoms with Crippen LogP contribution in [-0.2, 0) is 0 Å². The van der Waals surface area contributed by atoms with Crippen LogP contribution in [0.2, 0.25) is 0 Å². The molecule has 2 aromatic carbocycles. The zero-order chi connectivity index (χ0) is 14.0. The van der Waals surface area contributed by atoms with Crippen LogP contribution in [-0.4, -0.2) is 5.78 Å². The first-order chi connectivity index (χ1) is 9.00. The number of benzene rings is 2. The average molecular weight is 256 g/mol. The summed E-state index contributed by atoms with van der Waals surface area (Å²) in [4.78, 5) is 12.3. The van der Waals surface area contributed by atoms with Crippen molar-refractivity contribution in [1.82, 2.24) is 0 Å². The first-order valence-electron chi connectivity index (χ1n) is 6.40. The molecular weight excluding hydrogens is 239 g/mol. The Morgan fingerprint density at radius 3 is 2.42 bits per heavy atom. The maximum absolute atomic E-state index is 13.6. The Bertz CT molecular complexity index is 614. The third-order valence-corrected chi connectivity index (χ3v) is 3.28. The molecule has 0 atom stereocenters. The highest BCUT2D eigenvalue weighted by atomic mass is 19.1. The van der Waals surface area contributed by atoms with Crippen molar-refractivity contribution < 1.29 is 9.18 Å². The second-order valence-electron chi connectivity index (χ2n) is 5.04. The molecule has 0 unspecified atom stereocenters. The van der Waals surface area contributed by atoms with Crippen LogP contribution in [0.1, 0.15) is 46.8 Å². The molecule has 0 N–H and O–H groups in total. The Balaban J connectivity index is 2.46. The molecule has 0 saturated heterocycles. The summed E-state index contributed by atoms with van der Waals surface area (Å²) in [5.41, 5.74) is 2.95. The fourth-order valence-corrected chi connectivity index (χ4v) is 2.20. The predicted octanol–water partition coefficient (Wildman–Crippen LogP) is 4.49. The SMILES string of the molecule is Cc1ccc(C(=O)c2ccccc2F)cc1C(C)C. The fraction of sp³-hybridized carbons (Fsp3) is 0.235. The van der Waals surface area contributed by atoms with Gasteiger partial charge >= 0.3 is 0 Å². The van der Waals surface area contributed by atoms with Crippen molar-refractivity contribution in [2.75, 3.05) is 0 Å². The average Bonchev–Trinajstić information content (AvgIpc) is 2.38. The van der Waals surface area contributed by atoms with Gasteiger partial charge < -0.3 is 0 Å². The normalized spacial score (nSPS) is 10.8. The molecule has 0 aromatic heterocycles. The van der Waals surface area contributed by atoms with E-state index in [1.807, 2.05) is 19.1 Å². The highest BCUT2D eigenvalue weighted by Crippen LogP contribution is 2.22. The molecular formula is C17H17FO. The summed E-state index contributed by atoms with van der Waals surface area (Å²) in [5, 5.41) is 0. The Kier molecular flexibility index (Phi) is 3.79. The van der Waals surface area contributed by atoms with E-state index in [2.05, 4.69) is 13.8 Å². The van der Waals surface area contributed by atoms with Crippen LogP contribution in [0.3, 0.4) is 0 Å². The van der Waals surface area contributed by atoms with E-state index in [1.165, 1.54) is 12.1 Å². The van der Waals surface area contributed by atoms with Crippen molar-refractivity contribution >= 4 is 5.78 Å². The molecule has 1 nitrogen and oxygen atoms in total. The number of aryl methyl sites for hydroxylation is 1. The minimum atomic E-state index is -0.473. The summed E-state index contributed by atoms with van der Waals surface area (Å²) in [6, 6.07) is 11.6. The van der Waals surface area contributed by atoms with Gasteiger partial charge in [0, 0.05) is 5.56 Å². The van der Waals surface area contributed by atoms with Gasteiger partial charge in [0.15, 0.2) is 5.78 Å². The third-order valence-electron chi connectivity index (χ3n) is 3.28. The van der Waals surface area contributed by atoms with E-state index < -0.39 is 5.82 Å². The van der Waals surface area contributed by atoms with E-state index in [1.54, 1.807) is 18.2 Å². The van der Waals surface area contributed by atoms with E-state index in [0.717, 1.165) is 11.1 Å². The number of halogens is 1. The molecule has 0 radical (unpaired) electrons. The molecule has 0 heterocycles. The van der Waals surface area contributed by atoms with Crippen molar-refractivity contribution in [2.24, 2.45) is 0 Å². The lowest BCUT2D eigenvalue weighted by Gasteiger charge is -2.11. The topological polar surface area (TPSA) is 17.1 Å². The highest BCUT2D eigenvalue weighted by Gasteiger charge is 2.15. The monoisotopic (exact) mass is 256 g/mol. The lowest BCUT2D eigenvalue weighted by Crippen LogP contribution is -2.05. The first-order valence-corrected chi connectivity index (χ1v) is 6.40. The molecule has 2 heteroatoms. The van der Waals surface area contributed by atoms with Crippen LogP contribution in [0.15, 0.2) is 42.5 Å². The smallest absolute Gasteiger partial charge is 0.195 e. The lowest BCUT2D eigenvalue weighted by atomic mass is 9.93. The van der Waals surface area contributed by atoms with Gasteiger partial charge in [-0.3, -0.25) is 4.79 Å². The Labute approximate surface area is 113 Å². The molecule has 0 saturated carbocycles. The third kappa shape index (κ3) is 2.73. The molecule has 0 amide bonds. The summed E-state index contributed by atoms with van der Waals surface area (Å²) in [6.45, 7) is 6.19. The number of hydrogen-bond acceptors (Lipinski definition) is 1. The largest absolute Gasteiger partial charge is 0.288 e. The zero-order valence-corrected chi connectivity index (χ0v) is 11.4. The molecule has 0 aliphatic rings. The van der Waals surface area contributed by atoms with E-state index in [4.69, 9.17) is 0 Å². The van der Waals surface area contributed by atoms with E-state index in [-0.39, 0.29) is 11.3 Å². The van der Waals surface area contributed by atoms with Crippen molar-refractivity contribution in [2.45, 2.75) is 26.7 Å². The maximum Gasteiger partial charge on any atom is 0.195 e. The van der Waals surface area contributed by atoms with Gasteiger partial charge in [-0.15, -0.1) is 0 Å². The Morgan fingerprint density at radius 2 is 1.79 bits per heavy atom. The van der Waals surface area contributed by atoms with Gasteiger partial charge in [0.2, 0.25) is 0 Å². The quantitative estimate of drug-likeness (QED) is 0.739. The minimum absolute atomic E-state index is 0.126. The molecule has 0 bridgehead atoms. The predicted molar refractivity (Wildman–Crippen MR) is 75.1 cm³/mol. The molecule has 0 fully saturated rings. The second kappa shape index (κ2) is 5.35. The summed E-state index contributed by atoms with van der Waals surface area (Å²) in [7, 11) is 0. The van der Waals surface area contributed by atoms with Crippen LogP contribution in [0.5, 0.6) is 0 Å². The molecule has 2 aromatic rings. The number of hydrogen-bond donors (Lipinski definition) is 0. The molecule has 0 aliphatic carbocycles. The molecule has 0 spiro atoms. The van der Waals surface area contributed by atoms with Crippen molar-refractivity contribution in [3.05, 3.63) is 70.5 Å². The summed E-state index contributed by atoms with van der Waals surface area (Å²) < 4.78 is 13.6. The van der Waals surface area contributed by atoms with Gasteiger partial charge in [-0.1, -0.05) is 38.1 Å². The van der Waals surface area contributed by atoms with Gasteiger partial charge in [-0.25, -0.2) is 4.39 Å². The van der Waals surface area contributed by atoms with Crippen LogP contribution in [0.25, 0.3) is 0 Å². The highest BCUT2D eigenvalue weighted by molar-refractivity contribution is 6.09. The number of carbonyl (C=O) groups excluding carboxylic acids is 1. The first kappa shape index (κ1) is 13.5. The van der Waals surface area contributed by atoms with E-state index in [9.17, 15) is 9.18 Å². The number of ketones is 1. The summed E-state index contributed by atoms with van der Waals surface area (Å²) in [5.74, 6) is -0.396. The van der Waals surface area contributed by atoms with Gasteiger partial charge in [0.25, 0.3) is 0 Å². The molecule has 2 rings (SSSR count). The molecule has 98 valence electrons. The zero-order valence-electron chi connectivity index (χ0n) is 11.4.